The first-order valence-electron chi connectivity index (χ1n) is 4.26. The van der Waals surface area contributed by atoms with Crippen molar-refractivity contribution in [2.24, 2.45) is 5.92 Å². The Labute approximate surface area is 73.8 Å². The summed E-state index contributed by atoms with van der Waals surface area (Å²) in [6.45, 7) is 2.00. The molecule has 0 bridgehead atoms. The van der Waals surface area contributed by atoms with Gasteiger partial charge < -0.3 is 5.32 Å². The van der Waals surface area contributed by atoms with Gasteiger partial charge in [-0.3, -0.25) is 0 Å². The maximum Gasteiger partial charge on any atom is 0.211 e. The van der Waals surface area contributed by atoms with Gasteiger partial charge in [0.15, 0.2) is 0 Å². The summed E-state index contributed by atoms with van der Waals surface area (Å²) < 4.78 is 24.4. The summed E-state index contributed by atoms with van der Waals surface area (Å²) in [7, 11) is -1.52. The highest BCUT2D eigenvalue weighted by Gasteiger charge is 2.17. The molecule has 72 valence electrons. The summed E-state index contributed by atoms with van der Waals surface area (Å²) in [6, 6.07) is 0. The van der Waals surface area contributed by atoms with Crippen molar-refractivity contribution in [1.29, 1.82) is 0 Å². The fourth-order valence-electron chi connectivity index (χ4n) is 1.38. The predicted octanol–water partition coefficient (Wildman–Crippen LogP) is -0.465. The lowest BCUT2D eigenvalue weighted by Crippen LogP contribution is -2.24. The van der Waals surface area contributed by atoms with Crippen molar-refractivity contribution < 1.29 is 8.42 Å². The predicted molar refractivity (Wildman–Crippen MR) is 48.4 cm³/mol. The minimum atomic E-state index is -2.98. The molecule has 0 amide bonds. The van der Waals surface area contributed by atoms with Crippen LogP contribution in [0, 0.1) is 5.92 Å². The van der Waals surface area contributed by atoms with E-state index < -0.39 is 10.0 Å². The van der Waals surface area contributed by atoms with Crippen LogP contribution in [0.4, 0.5) is 0 Å². The smallest absolute Gasteiger partial charge is 0.211 e. The highest BCUT2D eigenvalue weighted by molar-refractivity contribution is 7.89. The van der Waals surface area contributed by atoms with Crippen LogP contribution in [0.5, 0.6) is 0 Å². The van der Waals surface area contributed by atoms with Crippen LogP contribution in [0.25, 0.3) is 0 Å². The summed E-state index contributed by atoms with van der Waals surface area (Å²) in [5.74, 6) is 0.809. The lowest BCUT2D eigenvalue weighted by Gasteiger charge is -2.07. The van der Waals surface area contributed by atoms with Crippen LogP contribution >= 0.6 is 0 Å². The molecular formula is C7H16N2O2S. The molecule has 0 aliphatic carbocycles. The fraction of sp³-hybridized carbons (Fsp3) is 1.00. The molecule has 1 saturated heterocycles. The highest BCUT2D eigenvalue weighted by atomic mass is 32.2. The molecule has 1 unspecified atom stereocenters. The Morgan fingerprint density at radius 3 is 2.83 bits per heavy atom. The van der Waals surface area contributed by atoms with Crippen LogP contribution < -0.4 is 10.0 Å². The monoisotopic (exact) mass is 192 g/mol. The molecule has 1 atom stereocenters. The third-order valence-electron chi connectivity index (χ3n) is 2.27. The molecule has 0 aromatic rings. The number of nitrogens with one attached hydrogen (secondary N) is 2. The van der Waals surface area contributed by atoms with E-state index in [0.29, 0.717) is 5.92 Å². The van der Waals surface area contributed by atoms with Crippen LogP contribution in [-0.4, -0.2) is 34.3 Å². The number of hydrogen-bond acceptors (Lipinski definition) is 3. The molecule has 4 nitrogen and oxygen atoms in total. The second-order valence-electron chi connectivity index (χ2n) is 3.17. The largest absolute Gasteiger partial charge is 0.316 e. The number of hydrogen-bond donors (Lipinski definition) is 2. The third kappa shape index (κ3) is 3.08. The van der Waals surface area contributed by atoms with E-state index in [2.05, 4.69) is 10.0 Å². The standard InChI is InChI=1S/C7H16N2O2S/c1-8-12(10,11)5-3-7-2-4-9-6-7/h7-9H,2-6H2,1H3. The molecule has 1 aliphatic heterocycles. The van der Waals surface area contributed by atoms with Crippen LogP contribution in [-0.2, 0) is 10.0 Å². The summed E-state index contributed by atoms with van der Waals surface area (Å²) in [5, 5.41) is 3.21. The topological polar surface area (TPSA) is 58.2 Å². The average molecular weight is 192 g/mol. The van der Waals surface area contributed by atoms with Crippen molar-refractivity contribution in [2.45, 2.75) is 12.8 Å². The quantitative estimate of drug-likeness (QED) is 0.633. The Balaban J connectivity index is 2.25. The SMILES string of the molecule is CNS(=O)(=O)CCC1CCNC1. The normalized spacial score (nSPS) is 24.6. The van der Waals surface area contributed by atoms with Gasteiger partial charge in [-0.25, -0.2) is 13.1 Å². The van der Waals surface area contributed by atoms with E-state index in [4.69, 9.17) is 0 Å². The van der Waals surface area contributed by atoms with Gasteiger partial charge in [0.05, 0.1) is 5.75 Å². The average Bonchev–Trinajstić information content (AvgIpc) is 2.53. The van der Waals surface area contributed by atoms with Crippen molar-refractivity contribution in [2.75, 3.05) is 25.9 Å². The van der Waals surface area contributed by atoms with Gasteiger partial charge in [0.25, 0.3) is 0 Å². The maximum absolute atomic E-state index is 11.0. The van der Waals surface area contributed by atoms with Gasteiger partial charge in [-0.15, -0.1) is 0 Å². The number of sulfonamides is 1. The van der Waals surface area contributed by atoms with Crippen molar-refractivity contribution in [3.63, 3.8) is 0 Å². The molecule has 0 spiro atoms. The van der Waals surface area contributed by atoms with E-state index in [-0.39, 0.29) is 5.75 Å². The van der Waals surface area contributed by atoms with Crippen molar-refractivity contribution in [3.8, 4) is 0 Å². The zero-order valence-electron chi connectivity index (χ0n) is 7.34. The first kappa shape index (κ1) is 9.95. The Morgan fingerprint density at radius 2 is 2.33 bits per heavy atom. The van der Waals surface area contributed by atoms with E-state index in [1.807, 2.05) is 0 Å². The zero-order chi connectivity index (χ0) is 9.03. The van der Waals surface area contributed by atoms with Gasteiger partial charge in [-0.05, 0) is 38.9 Å². The molecule has 2 N–H and O–H groups in total. The van der Waals surface area contributed by atoms with Crippen molar-refractivity contribution >= 4 is 10.0 Å². The highest BCUT2D eigenvalue weighted by Crippen LogP contribution is 2.12. The maximum atomic E-state index is 11.0. The van der Waals surface area contributed by atoms with E-state index in [1.54, 1.807) is 0 Å². The molecule has 1 fully saturated rings. The molecule has 0 aromatic carbocycles. The van der Waals surface area contributed by atoms with E-state index in [9.17, 15) is 8.42 Å². The molecule has 1 heterocycles. The van der Waals surface area contributed by atoms with Crippen LogP contribution in [0.3, 0.4) is 0 Å². The van der Waals surface area contributed by atoms with Gasteiger partial charge in [0.1, 0.15) is 0 Å². The molecule has 5 heteroatoms. The van der Waals surface area contributed by atoms with Gasteiger partial charge in [-0.2, -0.15) is 0 Å². The molecule has 12 heavy (non-hydrogen) atoms. The minimum absolute atomic E-state index is 0.260. The van der Waals surface area contributed by atoms with Gasteiger partial charge in [0.2, 0.25) is 10.0 Å². The summed E-state index contributed by atoms with van der Waals surface area (Å²) in [6.07, 6.45) is 1.88. The lowest BCUT2D eigenvalue weighted by molar-refractivity contribution is 0.542. The first-order chi connectivity index (χ1) is 5.64. The molecule has 0 saturated carbocycles. The Hall–Kier alpha value is -0.130. The molecule has 1 aliphatic rings. The van der Waals surface area contributed by atoms with E-state index >= 15 is 0 Å². The van der Waals surface area contributed by atoms with Crippen molar-refractivity contribution in [1.82, 2.24) is 10.0 Å². The second kappa shape index (κ2) is 4.20. The Bertz CT molecular complexity index is 220. The molecule has 1 rings (SSSR count). The van der Waals surface area contributed by atoms with Gasteiger partial charge in [-0.1, -0.05) is 0 Å². The lowest BCUT2D eigenvalue weighted by atomic mass is 10.1. The van der Waals surface area contributed by atoms with Crippen LogP contribution in [0.2, 0.25) is 0 Å². The van der Waals surface area contributed by atoms with Crippen molar-refractivity contribution in [3.05, 3.63) is 0 Å². The molecule has 0 aromatic heterocycles. The summed E-state index contributed by atoms with van der Waals surface area (Å²) >= 11 is 0. The third-order valence-corrected chi connectivity index (χ3v) is 3.66. The Morgan fingerprint density at radius 1 is 1.58 bits per heavy atom. The summed E-state index contributed by atoms with van der Waals surface area (Å²) in [5.41, 5.74) is 0. The van der Waals surface area contributed by atoms with Gasteiger partial charge >= 0.3 is 0 Å². The van der Waals surface area contributed by atoms with Crippen LogP contribution in [0.15, 0.2) is 0 Å². The second-order valence-corrected chi connectivity index (χ2v) is 5.22. The van der Waals surface area contributed by atoms with E-state index in [0.717, 1.165) is 25.9 Å². The molecular weight excluding hydrogens is 176 g/mol. The van der Waals surface area contributed by atoms with Gasteiger partial charge in [0, 0.05) is 0 Å². The first-order valence-corrected chi connectivity index (χ1v) is 5.91. The molecule has 0 radical (unpaired) electrons. The van der Waals surface area contributed by atoms with E-state index in [1.165, 1.54) is 7.05 Å². The zero-order valence-corrected chi connectivity index (χ0v) is 8.15. The Kier molecular flexibility index (Phi) is 3.49. The number of rotatable bonds is 4. The minimum Gasteiger partial charge on any atom is -0.316 e. The van der Waals surface area contributed by atoms with Crippen LogP contribution in [0.1, 0.15) is 12.8 Å². The fourth-order valence-corrected chi connectivity index (χ4v) is 2.23. The summed E-state index contributed by atoms with van der Waals surface area (Å²) in [4.78, 5) is 0.